The summed E-state index contributed by atoms with van der Waals surface area (Å²) in [5.41, 5.74) is 5.37. The van der Waals surface area contributed by atoms with E-state index in [0.29, 0.717) is 0 Å². The first-order valence-electron chi connectivity index (χ1n) is 8.05. The molecule has 5 aromatic carbocycles. The van der Waals surface area contributed by atoms with Gasteiger partial charge in [0, 0.05) is 0 Å². The predicted octanol–water partition coefficient (Wildman–Crippen LogP) is 4.22. The van der Waals surface area contributed by atoms with Crippen LogP contribution < -0.4 is 10.9 Å². The molecule has 1 aliphatic rings. The van der Waals surface area contributed by atoms with Crippen molar-refractivity contribution in [3.05, 3.63) is 72.8 Å². The zero-order chi connectivity index (χ0) is 15.0. The highest BCUT2D eigenvalue weighted by Gasteiger charge is 2.21. The molecule has 1 heterocycles. The zero-order valence-corrected chi connectivity index (χ0v) is 12.5. The first-order chi connectivity index (χ1) is 11.4. The maximum absolute atomic E-state index is 2.35. The van der Waals surface area contributed by atoms with Crippen molar-refractivity contribution in [3.63, 3.8) is 0 Å². The molecule has 1 heteroatoms. The lowest BCUT2D eigenvalue weighted by molar-refractivity contribution is 1.69. The maximum Gasteiger partial charge on any atom is 0.193 e. The van der Waals surface area contributed by atoms with E-state index in [0.717, 1.165) is 0 Å². The lowest BCUT2D eigenvalue weighted by atomic mass is 9.56. The van der Waals surface area contributed by atoms with Gasteiger partial charge in [-0.1, -0.05) is 83.7 Å². The van der Waals surface area contributed by atoms with E-state index >= 15 is 0 Å². The number of hydrogen-bond donors (Lipinski definition) is 0. The minimum absolute atomic E-state index is 1.32. The average molecular weight is 287 g/mol. The van der Waals surface area contributed by atoms with Crippen molar-refractivity contribution < 1.29 is 0 Å². The average Bonchev–Trinajstić information content (AvgIpc) is 2.61. The summed E-state index contributed by atoms with van der Waals surface area (Å²) < 4.78 is 0. The van der Waals surface area contributed by atoms with E-state index in [1.54, 1.807) is 0 Å². The van der Waals surface area contributed by atoms with Crippen molar-refractivity contribution in [2.24, 2.45) is 0 Å². The molecule has 0 spiro atoms. The van der Waals surface area contributed by atoms with Gasteiger partial charge < -0.3 is 0 Å². The third-order valence-electron chi connectivity index (χ3n) is 5.22. The Morgan fingerprint density at radius 2 is 1.26 bits per heavy atom. The van der Waals surface area contributed by atoms with E-state index in [1.165, 1.54) is 54.4 Å². The van der Waals surface area contributed by atoms with Crippen LogP contribution in [0.2, 0.25) is 0 Å². The monoisotopic (exact) mass is 287 g/mol. The molecule has 5 aromatic rings. The van der Waals surface area contributed by atoms with Gasteiger partial charge in [-0.2, -0.15) is 0 Å². The highest BCUT2D eigenvalue weighted by Crippen LogP contribution is 2.38. The molecule has 0 amide bonds. The summed E-state index contributed by atoms with van der Waals surface area (Å²) in [5, 5.41) is 8.23. The van der Waals surface area contributed by atoms with Crippen LogP contribution in [0.1, 0.15) is 0 Å². The molecule has 6 rings (SSSR count). The van der Waals surface area contributed by atoms with Crippen molar-refractivity contribution in [3.8, 4) is 11.1 Å². The predicted molar refractivity (Wildman–Crippen MR) is 101 cm³/mol. The van der Waals surface area contributed by atoms with Gasteiger partial charge in [-0.05, 0) is 43.4 Å². The van der Waals surface area contributed by atoms with E-state index in [1.807, 2.05) is 0 Å². The zero-order valence-electron chi connectivity index (χ0n) is 12.5. The molecule has 23 heavy (non-hydrogen) atoms. The molecule has 0 N–H and O–H groups in total. The summed E-state index contributed by atoms with van der Waals surface area (Å²) in [6.07, 6.45) is 0. The lowest BCUT2D eigenvalue weighted by Gasteiger charge is -2.23. The van der Waals surface area contributed by atoms with Crippen LogP contribution in [0, 0.1) is 0 Å². The molecular weight excluding hydrogens is 275 g/mol. The molecule has 0 atom stereocenters. The Morgan fingerprint density at radius 1 is 0.478 bits per heavy atom. The highest BCUT2D eigenvalue weighted by molar-refractivity contribution is 6.73. The van der Waals surface area contributed by atoms with Crippen LogP contribution in [0.4, 0.5) is 0 Å². The van der Waals surface area contributed by atoms with Gasteiger partial charge in [0.25, 0.3) is 0 Å². The molecule has 0 unspecified atom stereocenters. The Morgan fingerprint density at radius 3 is 2.22 bits per heavy atom. The van der Waals surface area contributed by atoms with Crippen LogP contribution in [0.3, 0.4) is 0 Å². The standard InChI is InChI=1S/C22H12B/c1-2-7-18-16(6-1)17-11-10-14-9-8-13-4-3-5-15-12-19(23-18)22(17)21(14)20(13)15/h1-12H. The van der Waals surface area contributed by atoms with Crippen LogP contribution in [0.15, 0.2) is 72.8 Å². The summed E-state index contributed by atoms with van der Waals surface area (Å²) in [6.45, 7) is 0. The largest absolute Gasteiger partial charge is 0.193 e. The van der Waals surface area contributed by atoms with Gasteiger partial charge in [-0.25, -0.2) is 0 Å². The Balaban J connectivity index is 1.95. The number of hydrogen-bond acceptors (Lipinski definition) is 0. The van der Waals surface area contributed by atoms with Gasteiger partial charge in [-0.3, -0.25) is 0 Å². The molecule has 0 bridgehead atoms. The molecule has 0 aliphatic carbocycles. The van der Waals surface area contributed by atoms with Gasteiger partial charge >= 0.3 is 0 Å². The van der Waals surface area contributed by atoms with Crippen molar-refractivity contribution in [2.75, 3.05) is 0 Å². The topological polar surface area (TPSA) is 0 Å². The molecule has 103 valence electrons. The van der Waals surface area contributed by atoms with Crippen molar-refractivity contribution >= 4 is 50.5 Å². The minimum atomic E-state index is 1.32. The normalized spacial score (nSPS) is 12.7. The summed E-state index contributed by atoms with van der Waals surface area (Å²) in [6, 6.07) is 26.7. The second-order valence-electron chi connectivity index (χ2n) is 6.43. The molecule has 0 fully saturated rings. The van der Waals surface area contributed by atoms with Crippen LogP contribution in [-0.4, -0.2) is 7.28 Å². The van der Waals surface area contributed by atoms with Gasteiger partial charge in [-0.15, -0.1) is 0 Å². The summed E-state index contributed by atoms with van der Waals surface area (Å²) in [5.74, 6) is 0. The van der Waals surface area contributed by atoms with E-state index < -0.39 is 0 Å². The van der Waals surface area contributed by atoms with Crippen LogP contribution >= 0.6 is 0 Å². The summed E-state index contributed by atoms with van der Waals surface area (Å²) in [7, 11) is 2.34. The molecule has 0 aromatic heterocycles. The van der Waals surface area contributed by atoms with Gasteiger partial charge in [0.1, 0.15) is 0 Å². The van der Waals surface area contributed by atoms with Crippen LogP contribution in [-0.2, 0) is 0 Å². The Bertz CT molecular complexity index is 1230. The maximum atomic E-state index is 2.35. The second-order valence-corrected chi connectivity index (χ2v) is 6.43. The molecule has 0 saturated carbocycles. The SMILES string of the molecule is [B]1c2ccccc2-c2ccc3ccc4cccc5cc1c2c3c45. The first kappa shape index (κ1) is 11.7. The van der Waals surface area contributed by atoms with Crippen molar-refractivity contribution in [2.45, 2.75) is 0 Å². The first-order valence-corrected chi connectivity index (χ1v) is 8.05. The Kier molecular flexibility index (Phi) is 2.01. The smallest absolute Gasteiger partial charge is 0.0737 e. The molecule has 0 saturated heterocycles. The third kappa shape index (κ3) is 1.38. The van der Waals surface area contributed by atoms with E-state index in [9.17, 15) is 0 Å². The number of rotatable bonds is 0. The molecule has 1 radical (unpaired) electrons. The molecule has 0 nitrogen and oxygen atoms in total. The van der Waals surface area contributed by atoms with Crippen molar-refractivity contribution in [1.82, 2.24) is 0 Å². The lowest BCUT2D eigenvalue weighted by Crippen LogP contribution is -2.33. The fourth-order valence-corrected chi connectivity index (χ4v) is 4.26. The van der Waals surface area contributed by atoms with Gasteiger partial charge in [0.05, 0.1) is 0 Å². The fourth-order valence-electron chi connectivity index (χ4n) is 4.26. The van der Waals surface area contributed by atoms with Gasteiger partial charge in [0.15, 0.2) is 7.28 Å². The highest BCUT2D eigenvalue weighted by atomic mass is 14.2. The number of fused-ring (bicyclic) bond motifs is 2. The van der Waals surface area contributed by atoms with Crippen LogP contribution in [0.25, 0.3) is 43.4 Å². The van der Waals surface area contributed by atoms with E-state index in [4.69, 9.17) is 0 Å². The Hall–Kier alpha value is -2.80. The van der Waals surface area contributed by atoms with Crippen LogP contribution in [0.5, 0.6) is 0 Å². The molecular formula is C22H12B. The summed E-state index contributed by atoms with van der Waals surface area (Å²) >= 11 is 0. The summed E-state index contributed by atoms with van der Waals surface area (Å²) in [4.78, 5) is 0. The quantitative estimate of drug-likeness (QED) is 0.290. The minimum Gasteiger partial charge on any atom is -0.0737 e. The number of benzene rings is 5. The molecule has 1 aliphatic heterocycles. The fraction of sp³-hybridized carbons (Fsp3) is 0. The van der Waals surface area contributed by atoms with Crippen molar-refractivity contribution in [1.29, 1.82) is 0 Å². The second kappa shape index (κ2) is 3.94. The Labute approximate surface area is 134 Å². The van der Waals surface area contributed by atoms with Gasteiger partial charge in [0.2, 0.25) is 0 Å². The van der Waals surface area contributed by atoms with E-state index in [-0.39, 0.29) is 0 Å². The van der Waals surface area contributed by atoms with E-state index in [2.05, 4.69) is 80.1 Å². The third-order valence-corrected chi connectivity index (χ3v) is 5.22.